The molecule has 0 radical (unpaired) electrons. The average molecular weight is 310 g/mol. The second-order valence-electron chi connectivity index (χ2n) is 4.21. The molecule has 0 saturated carbocycles. The molecule has 0 atom stereocenters. The molecular formula is C13H16BrN3O. The van der Waals surface area contributed by atoms with E-state index < -0.39 is 0 Å². The van der Waals surface area contributed by atoms with Crippen LogP contribution in [0.3, 0.4) is 0 Å². The molecule has 0 aliphatic heterocycles. The fourth-order valence-electron chi connectivity index (χ4n) is 1.86. The van der Waals surface area contributed by atoms with Crippen molar-refractivity contribution < 1.29 is 5.11 Å². The number of nitrogens with zero attached hydrogens (tertiary/aromatic N) is 3. The molecule has 96 valence electrons. The van der Waals surface area contributed by atoms with Crippen LogP contribution < -0.4 is 0 Å². The predicted molar refractivity (Wildman–Crippen MR) is 74.1 cm³/mol. The summed E-state index contributed by atoms with van der Waals surface area (Å²) in [4.78, 5) is 0. The first-order valence-electron chi connectivity index (χ1n) is 5.96. The molecule has 5 heteroatoms. The number of aliphatic hydroxyl groups is 1. The second-order valence-corrected chi connectivity index (χ2v) is 5.07. The van der Waals surface area contributed by atoms with Crippen LogP contribution in [0.1, 0.15) is 24.7 Å². The Bertz CT molecular complexity index is 551. The third kappa shape index (κ3) is 2.47. The van der Waals surface area contributed by atoms with Gasteiger partial charge in [-0.2, -0.15) is 0 Å². The molecule has 4 nitrogen and oxygen atoms in total. The molecule has 0 bridgehead atoms. The molecule has 18 heavy (non-hydrogen) atoms. The molecule has 1 N–H and O–H groups in total. The van der Waals surface area contributed by atoms with Crippen LogP contribution >= 0.6 is 15.9 Å². The molecule has 2 rings (SSSR count). The largest absolute Gasteiger partial charge is 0.388 e. The van der Waals surface area contributed by atoms with Crippen LogP contribution in [-0.4, -0.2) is 19.9 Å². The van der Waals surface area contributed by atoms with Gasteiger partial charge in [0.2, 0.25) is 0 Å². The Morgan fingerprint density at radius 3 is 2.72 bits per heavy atom. The van der Waals surface area contributed by atoms with Gasteiger partial charge < -0.3 is 9.67 Å². The van der Waals surface area contributed by atoms with Crippen LogP contribution in [0.15, 0.2) is 22.7 Å². The number of aliphatic hydroxyl groups excluding tert-OH is 1. The normalized spacial score (nSPS) is 10.9. The number of aryl methyl sites for hydroxylation is 1. The topological polar surface area (TPSA) is 50.9 Å². The number of rotatable bonds is 4. The molecule has 1 aromatic carbocycles. The van der Waals surface area contributed by atoms with E-state index in [1.807, 2.05) is 29.7 Å². The molecule has 0 fully saturated rings. The summed E-state index contributed by atoms with van der Waals surface area (Å²) in [6.07, 6.45) is 0.977. The van der Waals surface area contributed by atoms with Gasteiger partial charge in [-0.25, -0.2) is 0 Å². The van der Waals surface area contributed by atoms with E-state index >= 15 is 0 Å². The highest BCUT2D eigenvalue weighted by Gasteiger charge is 2.13. The van der Waals surface area contributed by atoms with Gasteiger partial charge in [-0.1, -0.05) is 35.0 Å². The molecule has 0 saturated heterocycles. The Labute approximate surface area is 115 Å². The molecule has 0 amide bonds. The van der Waals surface area contributed by atoms with Gasteiger partial charge in [0.1, 0.15) is 6.61 Å². The minimum Gasteiger partial charge on any atom is -0.388 e. The lowest BCUT2D eigenvalue weighted by atomic mass is 10.1. The zero-order chi connectivity index (χ0) is 13.1. The maximum atomic E-state index is 9.27. The van der Waals surface area contributed by atoms with Crippen LogP contribution in [0.4, 0.5) is 0 Å². The van der Waals surface area contributed by atoms with E-state index in [-0.39, 0.29) is 6.61 Å². The number of aromatic nitrogens is 3. The Balaban J connectivity index is 2.49. The Morgan fingerprint density at radius 1 is 1.33 bits per heavy atom. The molecule has 0 aliphatic carbocycles. The van der Waals surface area contributed by atoms with Crippen molar-refractivity contribution in [2.24, 2.45) is 0 Å². The third-order valence-corrected chi connectivity index (χ3v) is 3.70. The SMILES string of the molecule is CCCn1c(CO)nnc1-c1ccc(C)c(Br)c1. The number of benzene rings is 1. The molecule has 0 unspecified atom stereocenters. The number of hydrogen-bond donors (Lipinski definition) is 1. The molecule has 0 aliphatic rings. The van der Waals surface area contributed by atoms with E-state index in [2.05, 4.69) is 33.1 Å². The minimum atomic E-state index is -0.0833. The highest BCUT2D eigenvalue weighted by molar-refractivity contribution is 9.10. The Kier molecular flexibility index (Phi) is 4.14. The van der Waals surface area contributed by atoms with E-state index in [1.165, 1.54) is 5.56 Å². The van der Waals surface area contributed by atoms with Gasteiger partial charge in [0.05, 0.1) is 0 Å². The fourth-order valence-corrected chi connectivity index (χ4v) is 2.24. The first-order valence-corrected chi connectivity index (χ1v) is 6.76. The van der Waals surface area contributed by atoms with Gasteiger partial charge in [-0.3, -0.25) is 0 Å². The van der Waals surface area contributed by atoms with E-state index in [0.29, 0.717) is 5.82 Å². The van der Waals surface area contributed by atoms with Crippen LogP contribution in [-0.2, 0) is 13.2 Å². The van der Waals surface area contributed by atoms with E-state index in [4.69, 9.17) is 0 Å². The van der Waals surface area contributed by atoms with Gasteiger partial charge in [0.25, 0.3) is 0 Å². The molecule has 1 heterocycles. The van der Waals surface area contributed by atoms with Crippen LogP contribution in [0.2, 0.25) is 0 Å². The van der Waals surface area contributed by atoms with Gasteiger partial charge in [0.15, 0.2) is 11.6 Å². The summed E-state index contributed by atoms with van der Waals surface area (Å²) in [5, 5.41) is 17.5. The van der Waals surface area contributed by atoms with Crippen molar-refractivity contribution in [3.05, 3.63) is 34.1 Å². The summed E-state index contributed by atoms with van der Waals surface area (Å²) in [7, 11) is 0. The fraction of sp³-hybridized carbons (Fsp3) is 0.385. The first kappa shape index (κ1) is 13.2. The maximum Gasteiger partial charge on any atom is 0.164 e. The van der Waals surface area contributed by atoms with Crippen molar-refractivity contribution in [1.29, 1.82) is 0 Å². The zero-order valence-electron chi connectivity index (χ0n) is 10.5. The quantitative estimate of drug-likeness (QED) is 0.944. The third-order valence-electron chi connectivity index (χ3n) is 2.85. The molecule has 0 spiro atoms. The van der Waals surface area contributed by atoms with Crippen molar-refractivity contribution >= 4 is 15.9 Å². The summed E-state index contributed by atoms with van der Waals surface area (Å²) in [6, 6.07) is 6.10. The summed E-state index contributed by atoms with van der Waals surface area (Å²) in [5.41, 5.74) is 2.19. The molecule has 1 aromatic heterocycles. The van der Waals surface area contributed by atoms with E-state index in [1.54, 1.807) is 0 Å². The molecular weight excluding hydrogens is 294 g/mol. The van der Waals surface area contributed by atoms with Crippen LogP contribution in [0.5, 0.6) is 0 Å². The van der Waals surface area contributed by atoms with Crippen LogP contribution in [0, 0.1) is 6.92 Å². The van der Waals surface area contributed by atoms with Crippen molar-refractivity contribution in [3.8, 4) is 11.4 Å². The minimum absolute atomic E-state index is 0.0833. The highest BCUT2D eigenvalue weighted by atomic mass is 79.9. The van der Waals surface area contributed by atoms with E-state index in [9.17, 15) is 5.11 Å². The lowest BCUT2D eigenvalue weighted by molar-refractivity contribution is 0.264. The highest BCUT2D eigenvalue weighted by Crippen LogP contribution is 2.25. The van der Waals surface area contributed by atoms with Gasteiger partial charge >= 0.3 is 0 Å². The lowest BCUT2D eigenvalue weighted by Gasteiger charge is -2.08. The Morgan fingerprint density at radius 2 is 2.11 bits per heavy atom. The number of hydrogen-bond acceptors (Lipinski definition) is 3. The summed E-state index contributed by atoms with van der Waals surface area (Å²) >= 11 is 3.52. The van der Waals surface area contributed by atoms with Crippen molar-refractivity contribution in [3.63, 3.8) is 0 Å². The monoisotopic (exact) mass is 309 g/mol. The van der Waals surface area contributed by atoms with Crippen molar-refractivity contribution in [2.45, 2.75) is 33.4 Å². The van der Waals surface area contributed by atoms with Crippen LogP contribution in [0.25, 0.3) is 11.4 Å². The summed E-state index contributed by atoms with van der Waals surface area (Å²) in [6.45, 7) is 4.86. The smallest absolute Gasteiger partial charge is 0.164 e. The van der Waals surface area contributed by atoms with Gasteiger partial charge in [-0.05, 0) is 25.0 Å². The van der Waals surface area contributed by atoms with Gasteiger partial charge in [0, 0.05) is 16.6 Å². The Hall–Kier alpha value is -1.20. The zero-order valence-corrected chi connectivity index (χ0v) is 12.1. The summed E-state index contributed by atoms with van der Waals surface area (Å²) < 4.78 is 3.02. The second kappa shape index (κ2) is 5.63. The standard InChI is InChI=1S/C13H16BrN3O/c1-3-6-17-12(8-18)15-16-13(17)10-5-4-9(2)11(14)7-10/h4-5,7,18H,3,6,8H2,1-2H3. The molecule has 2 aromatic rings. The van der Waals surface area contributed by atoms with Gasteiger partial charge in [-0.15, -0.1) is 10.2 Å². The lowest BCUT2D eigenvalue weighted by Crippen LogP contribution is -2.05. The van der Waals surface area contributed by atoms with Crippen molar-refractivity contribution in [2.75, 3.05) is 0 Å². The van der Waals surface area contributed by atoms with Crippen molar-refractivity contribution in [1.82, 2.24) is 14.8 Å². The van der Waals surface area contributed by atoms with E-state index in [0.717, 1.165) is 28.8 Å². The first-order chi connectivity index (χ1) is 8.67. The number of halogens is 1. The predicted octanol–water partition coefficient (Wildman–Crippen LogP) is 2.92. The maximum absolute atomic E-state index is 9.27. The average Bonchev–Trinajstić information content (AvgIpc) is 2.76. The summed E-state index contributed by atoms with van der Waals surface area (Å²) in [5.74, 6) is 1.42.